The average molecular weight is 577 g/mol. The standard InChI is InChI=1S/C22H25F2N3O3S.HI/c23-21(24)30-18-7-5-16(6-8-18)20(28)15-27-22(25-11-9-17-3-1-13-29-17)26-12-10-19-4-2-14-31-19;/h1-8,13-14,20-21,28H,9-12,15H2,(H2,25,26,27);1H. The molecule has 0 saturated carbocycles. The maximum atomic E-state index is 12.3. The summed E-state index contributed by atoms with van der Waals surface area (Å²) in [6, 6.07) is 13.7. The van der Waals surface area contributed by atoms with Crippen molar-refractivity contribution in [2.45, 2.75) is 25.6 Å². The Labute approximate surface area is 206 Å². The van der Waals surface area contributed by atoms with Crippen molar-refractivity contribution in [2.24, 2.45) is 4.99 Å². The summed E-state index contributed by atoms with van der Waals surface area (Å²) in [6.07, 6.45) is 2.33. The van der Waals surface area contributed by atoms with Crippen LogP contribution in [0.25, 0.3) is 0 Å². The molecule has 0 aliphatic rings. The second kappa shape index (κ2) is 14.1. The zero-order valence-corrected chi connectivity index (χ0v) is 20.4. The molecule has 3 rings (SSSR count). The number of aliphatic hydroxyl groups is 1. The van der Waals surface area contributed by atoms with Gasteiger partial charge in [0.05, 0.1) is 18.9 Å². The van der Waals surface area contributed by atoms with Crippen molar-refractivity contribution < 1.29 is 23.0 Å². The monoisotopic (exact) mass is 577 g/mol. The number of alkyl halides is 2. The number of hydrogen-bond acceptors (Lipinski definition) is 5. The molecule has 2 heterocycles. The van der Waals surface area contributed by atoms with Gasteiger partial charge in [-0.3, -0.25) is 4.99 Å². The minimum atomic E-state index is -2.88. The molecule has 1 aromatic carbocycles. The van der Waals surface area contributed by atoms with Crippen LogP contribution in [-0.4, -0.2) is 37.3 Å². The van der Waals surface area contributed by atoms with E-state index in [2.05, 4.69) is 26.4 Å². The molecule has 0 radical (unpaired) electrons. The van der Waals surface area contributed by atoms with E-state index in [1.165, 1.54) is 17.0 Å². The SMILES string of the molecule is I.OC(CN=C(NCCc1ccco1)NCCc1cccs1)c1ccc(OC(F)F)cc1. The van der Waals surface area contributed by atoms with Crippen LogP contribution in [0.2, 0.25) is 0 Å². The minimum Gasteiger partial charge on any atom is -0.469 e. The van der Waals surface area contributed by atoms with Crippen molar-refractivity contribution in [2.75, 3.05) is 19.6 Å². The lowest BCUT2D eigenvalue weighted by atomic mass is 10.1. The highest BCUT2D eigenvalue weighted by molar-refractivity contribution is 14.0. The predicted molar refractivity (Wildman–Crippen MR) is 132 cm³/mol. The average Bonchev–Trinajstić information content (AvgIpc) is 3.46. The number of furan rings is 1. The molecular weight excluding hydrogens is 551 g/mol. The molecule has 0 bridgehead atoms. The van der Waals surface area contributed by atoms with Crippen molar-refractivity contribution in [3.63, 3.8) is 0 Å². The van der Waals surface area contributed by atoms with Crippen molar-refractivity contribution in [3.05, 3.63) is 76.4 Å². The Morgan fingerprint density at radius 3 is 2.44 bits per heavy atom. The highest BCUT2D eigenvalue weighted by Crippen LogP contribution is 2.19. The number of nitrogens with one attached hydrogen (secondary N) is 2. The summed E-state index contributed by atoms with van der Waals surface area (Å²) in [5.41, 5.74) is 0.568. The van der Waals surface area contributed by atoms with E-state index in [9.17, 15) is 13.9 Å². The van der Waals surface area contributed by atoms with E-state index in [1.54, 1.807) is 29.7 Å². The van der Waals surface area contributed by atoms with Crippen molar-refractivity contribution in [3.8, 4) is 5.75 Å². The summed E-state index contributed by atoms with van der Waals surface area (Å²) < 4.78 is 34.2. The molecule has 3 N–H and O–H groups in total. The van der Waals surface area contributed by atoms with Crippen LogP contribution in [0.1, 0.15) is 22.3 Å². The van der Waals surface area contributed by atoms with E-state index in [0.29, 0.717) is 31.0 Å². The number of nitrogens with zero attached hydrogens (tertiary/aromatic N) is 1. The van der Waals surface area contributed by atoms with Gasteiger partial charge in [-0.2, -0.15) is 8.78 Å². The Morgan fingerprint density at radius 2 is 1.81 bits per heavy atom. The zero-order valence-electron chi connectivity index (χ0n) is 17.2. The largest absolute Gasteiger partial charge is 0.469 e. The van der Waals surface area contributed by atoms with E-state index in [1.807, 2.05) is 23.6 Å². The van der Waals surface area contributed by atoms with Gasteiger partial charge in [-0.1, -0.05) is 18.2 Å². The third kappa shape index (κ3) is 9.13. The molecule has 0 aliphatic heterocycles. The summed E-state index contributed by atoms with van der Waals surface area (Å²) in [5.74, 6) is 1.50. The number of hydrogen-bond donors (Lipinski definition) is 3. The number of aliphatic hydroxyl groups excluding tert-OH is 1. The van der Waals surface area contributed by atoms with Gasteiger partial charge in [-0.15, -0.1) is 35.3 Å². The second-order valence-electron chi connectivity index (χ2n) is 6.66. The summed E-state index contributed by atoms with van der Waals surface area (Å²) in [5, 5.41) is 19.0. The van der Waals surface area contributed by atoms with Gasteiger partial charge in [-0.25, -0.2) is 0 Å². The first-order valence-corrected chi connectivity index (χ1v) is 10.8. The molecule has 174 valence electrons. The first-order valence-electron chi connectivity index (χ1n) is 9.90. The molecule has 32 heavy (non-hydrogen) atoms. The van der Waals surface area contributed by atoms with Crippen LogP contribution in [0.3, 0.4) is 0 Å². The van der Waals surface area contributed by atoms with Crippen LogP contribution in [0, 0.1) is 0 Å². The normalized spacial score (nSPS) is 12.3. The first kappa shape index (κ1) is 26.1. The Hall–Kier alpha value is -2.18. The summed E-state index contributed by atoms with van der Waals surface area (Å²) in [7, 11) is 0. The first-order chi connectivity index (χ1) is 15.1. The molecular formula is C22H26F2IN3O3S. The molecule has 2 aromatic heterocycles. The fourth-order valence-electron chi connectivity index (χ4n) is 2.85. The highest BCUT2D eigenvalue weighted by atomic mass is 127. The number of halogens is 3. The Morgan fingerprint density at radius 1 is 1.06 bits per heavy atom. The van der Waals surface area contributed by atoms with Crippen LogP contribution in [-0.2, 0) is 12.8 Å². The molecule has 0 amide bonds. The van der Waals surface area contributed by atoms with Gasteiger partial charge in [0, 0.05) is 24.4 Å². The summed E-state index contributed by atoms with van der Waals surface area (Å²) >= 11 is 1.70. The molecule has 1 atom stereocenters. The van der Waals surface area contributed by atoms with E-state index in [-0.39, 0.29) is 36.3 Å². The van der Waals surface area contributed by atoms with Crippen molar-refractivity contribution in [1.29, 1.82) is 0 Å². The molecule has 0 fully saturated rings. The third-order valence-electron chi connectivity index (χ3n) is 4.40. The summed E-state index contributed by atoms with van der Waals surface area (Å²) in [4.78, 5) is 5.75. The number of thiophene rings is 1. The second-order valence-corrected chi connectivity index (χ2v) is 7.70. The lowest BCUT2D eigenvalue weighted by molar-refractivity contribution is -0.0498. The number of rotatable bonds is 11. The van der Waals surface area contributed by atoms with Gasteiger partial charge in [0.1, 0.15) is 11.5 Å². The minimum absolute atomic E-state index is 0. The highest BCUT2D eigenvalue weighted by Gasteiger charge is 2.10. The van der Waals surface area contributed by atoms with Crippen molar-refractivity contribution in [1.82, 2.24) is 10.6 Å². The van der Waals surface area contributed by atoms with Crippen LogP contribution < -0.4 is 15.4 Å². The Balaban J connectivity index is 0.00000363. The van der Waals surface area contributed by atoms with E-state index < -0.39 is 12.7 Å². The van der Waals surface area contributed by atoms with Gasteiger partial charge >= 0.3 is 6.61 Å². The topological polar surface area (TPSA) is 79.0 Å². The van der Waals surface area contributed by atoms with Crippen molar-refractivity contribution >= 4 is 41.3 Å². The summed E-state index contributed by atoms with van der Waals surface area (Å²) in [6.45, 7) is -1.45. The molecule has 10 heteroatoms. The molecule has 0 saturated heterocycles. The van der Waals surface area contributed by atoms with Gasteiger partial charge in [0.15, 0.2) is 5.96 Å². The number of benzene rings is 1. The van der Waals surface area contributed by atoms with Gasteiger partial charge in [0.25, 0.3) is 0 Å². The number of ether oxygens (including phenoxy) is 1. The van der Waals surface area contributed by atoms with Crippen LogP contribution in [0.4, 0.5) is 8.78 Å². The van der Waals surface area contributed by atoms with Crippen LogP contribution in [0.15, 0.2) is 69.6 Å². The number of aliphatic imine (C=N–C) groups is 1. The molecule has 6 nitrogen and oxygen atoms in total. The van der Waals surface area contributed by atoms with Gasteiger partial charge in [0.2, 0.25) is 0 Å². The molecule has 0 aliphatic carbocycles. The van der Waals surface area contributed by atoms with E-state index >= 15 is 0 Å². The smallest absolute Gasteiger partial charge is 0.387 e. The fraction of sp³-hybridized carbons (Fsp3) is 0.318. The quantitative estimate of drug-likeness (QED) is 0.176. The number of guanidine groups is 1. The van der Waals surface area contributed by atoms with E-state index in [4.69, 9.17) is 4.42 Å². The fourth-order valence-corrected chi connectivity index (χ4v) is 3.56. The molecule has 0 spiro atoms. The maximum absolute atomic E-state index is 12.3. The van der Waals surface area contributed by atoms with Gasteiger partial charge < -0.3 is 24.9 Å². The van der Waals surface area contributed by atoms with E-state index in [0.717, 1.165) is 12.2 Å². The third-order valence-corrected chi connectivity index (χ3v) is 5.34. The van der Waals surface area contributed by atoms with Crippen LogP contribution >= 0.6 is 35.3 Å². The Bertz CT molecular complexity index is 865. The molecule has 3 aromatic rings. The Kier molecular flexibility index (Phi) is 11.5. The zero-order chi connectivity index (χ0) is 21.9. The lowest BCUT2D eigenvalue weighted by Crippen LogP contribution is -2.39. The lowest BCUT2D eigenvalue weighted by Gasteiger charge is -2.14. The van der Waals surface area contributed by atoms with Crippen LogP contribution in [0.5, 0.6) is 5.75 Å². The predicted octanol–water partition coefficient (Wildman–Crippen LogP) is 4.61. The molecule has 1 unspecified atom stereocenters. The maximum Gasteiger partial charge on any atom is 0.387 e. The van der Waals surface area contributed by atoms with Gasteiger partial charge in [-0.05, 0) is 47.7 Å².